The van der Waals surface area contributed by atoms with Gasteiger partial charge in [0.05, 0.1) is 12.5 Å². The minimum Gasteiger partial charge on any atom is -0.481 e. The Balaban J connectivity index is 1.85. The summed E-state index contributed by atoms with van der Waals surface area (Å²) < 4.78 is 0. The van der Waals surface area contributed by atoms with Crippen LogP contribution >= 0.6 is 11.3 Å². The van der Waals surface area contributed by atoms with Gasteiger partial charge in [-0.3, -0.25) is 14.4 Å². The number of carboxylic acids is 1. The Labute approximate surface area is 164 Å². The number of guanidine groups is 1. The lowest BCUT2D eigenvalue weighted by Gasteiger charge is -2.17. The van der Waals surface area contributed by atoms with Crippen LogP contribution < -0.4 is 22.1 Å². The number of nitrogens with two attached hydrogens (primary N) is 2. The number of aliphatic imine (C=N–C) groups is 1. The number of nitrogens with zero attached hydrogens (tertiary/aromatic N) is 2. The zero-order valence-electron chi connectivity index (χ0n) is 14.8. The van der Waals surface area contributed by atoms with Crippen molar-refractivity contribution in [3.05, 3.63) is 47.0 Å². The van der Waals surface area contributed by atoms with Crippen LogP contribution in [-0.2, 0) is 9.59 Å². The van der Waals surface area contributed by atoms with E-state index in [1.807, 2.05) is 0 Å². The van der Waals surface area contributed by atoms with Crippen molar-refractivity contribution in [2.45, 2.75) is 18.9 Å². The van der Waals surface area contributed by atoms with Gasteiger partial charge in [-0.15, -0.1) is 11.3 Å². The molecule has 10 nitrogen and oxygen atoms in total. The molecule has 1 atom stereocenters. The second-order valence-electron chi connectivity index (χ2n) is 5.69. The molecule has 0 radical (unpaired) electrons. The first-order chi connectivity index (χ1) is 13.3. The monoisotopic (exact) mass is 404 g/mol. The fourth-order valence-corrected chi connectivity index (χ4v) is 2.98. The van der Waals surface area contributed by atoms with Gasteiger partial charge in [-0.2, -0.15) is 4.99 Å². The summed E-state index contributed by atoms with van der Waals surface area (Å²) in [5, 5.41) is 16.0. The zero-order valence-corrected chi connectivity index (χ0v) is 15.6. The number of hydrogen-bond acceptors (Lipinski definition) is 6. The predicted octanol–water partition coefficient (Wildman–Crippen LogP) is 0.500. The molecule has 0 spiro atoms. The zero-order chi connectivity index (χ0) is 20.5. The molecule has 28 heavy (non-hydrogen) atoms. The molecule has 11 heteroatoms. The molecule has 0 aliphatic carbocycles. The minimum absolute atomic E-state index is 0.0143. The van der Waals surface area contributed by atoms with Gasteiger partial charge < -0.3 is 27.2 Å². The van der Waals surface area contributed by atoms with Crippen molar-refractivity contribution < 1.29 is 19.5 Å². The molecule has 1 heterocycles. The van der Waals surface area contributed by atoms with Gasteiger partial charge >= 0.3 is 5.97 Å². The molecule has 1 aromatic carbocycles. The molecule has 0 aliphatic rings. The number of carboxylic acid groups (broad SMARTS) is 1. The number of thiazole rings is 1. The van der Waals surface area contributed by atoms with Crippen molar-refractivity contribution in [2.75, 3.05) is 6.54 Å². The van der Waals surface area contributed by atoms with Crippen LogP contribution in [0.3, 0.4) is 0 Å². The predicted molar refractivity (Wildman–Crippen MR) is 104 cm³/mol. The number of benzene rings is 1. The Morgan fingerprint density at radius 3 is 2.57 bits per heavy atom. The summed E-state index contributed by atoms with van der Waals surface area (Å²) in [4.78, 5) is 42.9. The van der Waals surface area contributed by atoms with Gasteiger partial charge in [0.2, 0.25) is 11.0 Å². The van der Waals surface area contributed by atoms with Crippen LogP contribution in [0.15, 0.2) is 40.7 Å². The van der Waals surface area contributed by atoms with Gasteiger partial charge in [0.25, 0.3) is 5.91 Å². The molecule has 0 bridgehead atoms. The summed E-state index contributed by atoms with van der Waals surface area (Å²) in [5.41, 5.74) is 11.3. The molecule has 0 saturated heterocycles. The average molecular weight is 404 g/mol. The van der Waals surface area contributed by atoms with Crippen LogP contribution in [0.1, 0.15) is 34.9 Å². The molecule has 2 rings (SSSR count). The number of aromatic nitrogens is 1. The first-order valence-electron chi connectivity index (χ1n) is 8.24. The number of aliphatic carboxylic acids is 1. The van der Waals surface area contributed by atoms with Gasteiger partial charge in [-0.1, -0.05) is 30.3 Å². The molecule has 1 aromatic heterocycles. The molecular weight excluding hydrogens is 384 g/mol. The van der Waals surface area contributed by atoms with Crippen molar-refractivity contribution in [1.82, 2.24) is 15.6 Å². The highest BCUT2D eigenvalue weighted by atomic mass is 32.1. The second-order valence-corrected chi connectivity index (χ2v) is 6.52. The smallest absolute Gasteiger partial charge is 0.305 e. The lowest BCUT2D eigenvalue weighted by Crippen LogP contribution is -2.33. The molecule has 0 aliphatic heterocycles. The van der Waals surface area contributed by atoms with Crippen LogP contribution in [0.25, 0.3) is 0 Å². The molecule has 0 fully saturated rings. The Morgan fingerprint density at radius 1 is 1.21 bits per heavy atom. The van der Waals surface area contributed by atoms with E-state index in [1.165, 1.54) is 5.38 Å². The van der Waals surface area contributed by atoms with E-state index in [0.29, 0.717) is 5.56 Å². The molecule has 1 unspecified atom stereocenters. The van der Waals surface area contributed by atoms with E-state index in [-0.39, 0.29) is 42.1 Å². The normalized spacial score (nSPS) is 11.3. The van der Waals surface area contributed by atoms with Gasteiger partial charge in [-0.05, 0) is 5.56 Å². The minimum atomic E-state index is -1.03. The lowest BCUT2D eigenvalue weighted by molar-refractivity contribution is -0.137. The van der Waals surface area contributed by atoms with Crippen LogP contribution in [0.4, 0.5) is 5.13 Å². The number of rotatable bonds is 9. The summed E-state index contributed by atoms with van der Waals surface area (Å²) >= 11 is 1.10. The van der Waals surface area contributed by atoms with E-state index >= 15 is 0 Å². The molecule has 7 N–H and O–H groups in total. The van der Waals surface area contributed by atoms with Crippen molar-refractivity contribution in [3.8, 4) is 0 Å². The summed E-state index contributed by atoms with van der Waals surface area (Å²) in [6.45, 7) is 0.0639. The Hall–Kier alpha value is -3.47. The maximum Gasteiger partial charge on any atom is 0.305 e. The number of carbonyl (C=O) groups excluding carboxylic acids is 2. The SMILES string of the molecule is NC(N)=Nc1nc(C(=O)NCCC(=O)NC(CC(=O)O)c2ccccc2)cs1. The molecule has 2 aromatic rings. The summed E-state index contributed by atoms with van der Waals surface area (Å²) in [7, 11) is 0. The number of amides is 2. The van der Waals surface area contributed by atoms with Crippen LogP contribution in [0.5, 0.6) is 0 Å². The van der Waals surface area contributed by atoms with E-state index < -0.39 is 17.9 Å². The first-order valence-corrected chi connectivity index (χ1v) is 9.12. The third-order valence-corrected chi connectivity index (χ3v) is 4.24. The molecule has 2 amide bonds. The third-order valence-electron chi connectivity index (χ3n) is 3.50. The Bertz CT molecular complexity index is 864. The summed E-state index contributed by atoms with van der Waals surface area (Å²) in [6.07, 6.45) is -0.256. The van der Waals surface area contributed by atoms with E-state index in [1.54, 1.807) is 30.3 Å². The quantitative estimate of drug-likeness (QED) is 0.299. The maximum atomic E-state index is 12.1. The highest BCUT2D eigenvalue weighted by Crippen LogP contribution is 2.18. The molecular formula is C17H20N6O4S. The first kappa shape index (κ1) is 20.8. The fourth-order valence-electron chi connectivity index (χ4n) is 2.29. The highest BCUT2D eigenvalue weighted by molar-refractivity contribution is 7.13. The standard InChI is InChI=1S/C17H20N6O4S/c18-16(19)23-17-22-12(9-28-17)15(27)20-7-6-13(24)21-11(8-14(25)26)10-4-2-1-3-5-10/h1-5,9,11H,6-8H2,(H,20,27)(H,21,24)(H,25,26)(H4,18,19,22,23). The van der Waals surface area contributed by atoms with Crippen molar-refractivity contribution in [3.63, 3.8) is 0 Å². The number of nitrogens with one attached hydrogen (secondary N) is 2. The van der Waals surface area contributed by atoms with Crippen LogP contribution in [0.2, 0.25) is 0 Å². The number of hydrogen-bond donors (Lipinski definition) is 5. The van der Waals surface area contributed by atoms with Crippen molar-refractivity contribution >= 4 is 40.2 Å². The highest BCUT2D eigenvalue weighted by Gasteiger charge is 2.18. The molecule has 148 valence electrons. The fraction of sp³-hybridized carbons (Fsp3) is 0.235. The largest absolute Gasteiger partial charge is 0.481 e. The van der Waals surface area contributed by atoms with Crippen LogP contribution in [0, 0.1) is 0 Å². The Kier molecular flexibility index (Phi) is 7.45. The average Bonchev–Trinajstić information content (AvgIpc) is 3.09. The van der Waals surface area contributed by atoms with Crippen molar-refractivity contribution in [2.24, 2.45) is 16.5 Å². The molecule has 0 saturated carbocycles. The van der Waals surface area contributed by atoms with Gasteiger partial charge in [0, 0.05) is 18.3 Å². The summed E-state index contributed by atoms with van der Waals surface area (Å²) in [5.74, 6) is -2.03. The third kappa shape index (κ3) is 6.68. The summed E-state index contributed by atoms with van der Waals surface area (Å²) in [6, 6.07) is 8.16. The van der Waals surface area contributed by atoms with Crippen LogP contribution in [-0.4, -0.2) is 40.4 Å². The van der Waals surface area contributed by atoms with E-state index in [4.69, 9.17) is 16.6 Å². The Morgan fingerprint density at radius 2 is 1.93 bits per heavy atom. The second kappa shape index (κ2) is 10.0. The van der Waals surface area contributed by atoms with Crippen molar-refractivity contribution in [1.29, 1.82) is 0 Å². The van der Waals surface area contributed by atoms with E-state index in [2.05, 4.69) is 20.6 Å². The van der Waals surface area contributed by atoms with Gasteiger partial charge in [0.15, 0.2) is 5.96 Å². The number of carbonyl (C=O) groups is 3. The lowest BCUT2D eigenvalue weighted by atomic mass is 10.0. The van der Waals surface area contributed by atoms with Gasteiger partial charge in [-0.25, -0.2) is 4.98 Å². The van der Waals surface area contributed by atoms with E-state index in [0.717, 1.165) is 11.3 Å². The van der Waals surface area contributed by atoms with E-state index in [9.17, 15) is 14.4 Å². The topological polar surface area (TPSA) is 173 Å². The van der Waals surface area contributed by atoms with Gasteiger partial charge in [0.1, 0.15) is 5.69 Å². The maximum absolute atomic E-state index is 12.1.